The number of rotatable bonds is 3. The van der Waals surface area contributed by atoms with E-state index >= 15 is 0 Å². The maximum Gasteiger partial charge on any atom is 0.294 e. The molecule has 4 nitrogen and oxygen atoms in total. The predicted molar refractivity (Wildman–Crippen MR) is 93.3 cm³/mol. The minimum absolute atomic E-state index is 0.135. The topological polar surface area (TPSA) is 55.6 Å². The molecule has 0 spiro atoms. The fourth-order valence-corrected chi connectivity index (χ4v) is 2.65. The number of carbonyl (C=O) groups excluding carboxylic acids is 1. The van der Waals surface area contributed by atoms with Gasteiger partial charge in [0.25, 0.3) is 5.91 Å². The number of ether oxygens (including phenoxy) is 1. The van der Waals surface area contributed by atoms with Crippen LogP contribution in [-0.2, 0) is 11.2 Å². The van der Waals surface area contributed by atoms with Crippen molar-refractivity contribution in [2.45, 2.75) is 20.3 Å². The molecule has 118 valence electrons. The van der Waals surface area contributed by atoms with E-state index in [2.05, 4.69) is 19.1 Å². The van der Waals surface area contributed by atoms with Crippen molar-refractivity contribution in [1.29, 1.82) is 0 Å². The van der Waals surface area contributed by atoms with E-state index in [-0.39, 0.29) is 5.91 Å². The quantitative estimate of drug-likeness (QED) is 0.696. The molecule has 2 N–H and O–H groups in total. The van der Waals surface area contributed by atoms with E-state index in [4.69, 9.17) is 10.5 Å². The van der Waals surface area contributed by atoms with Crippen molar-refractivity contribution in [2.75, 3.05) is 17.2 Å². The first kappa shape index (κ1) is 15.2. The zero-order chi connectivity index (χ0) is 16.4. The Morgan fingerprint density at radius 3 is 2.52 bits per heavy atom. The third-order valence-corrected chi connectivity index (χ3v) is 3.95. The molecule has 2 aromatic rings. The van der Waals surface area contributed by atoms with Gasteiger partial charge < -0.3 is 15.4 Å². The van der Waals surface area contributed by atoms with Gasteiger partial charge in [0, 0.05) is 18.3 Å². The summed E-state index contributed by atoms with van der Waals surface area (Å²) in [4.78, 5) is 14.3. The van der Waals surface area contributed by atoms with E-state index in [1.165, 1.54) is 5.56 Å². The van der Waals surface area contributed by atoms with Crippen LogP contribution in [0.3, 0.4) is 0 Å². The molecule has 0 saturated carbocycles. The van der Waals surface area contributed by atoms with Crippen LogP contribution < -0.4 is 15.4 Å². The molecule has 1 heterocycles. The second-order valence-corrected chi connectivity index (χ2v) is 5.48. The molecule has 3 rings (SSSR count). The summed E-state index contributed by atoms with van der Waals surface area (Å²) in [5.74, 6) is 0.793. The lowest BCUT2D eigenvalue weighted by Crippen LogP contribution is -2.37. The lowest BCUT2D eigenvalue weighted by atomic mass is 10.1. The molecule has 0 aromatic heterocycles. The second-order valence-electron chi connectivity index (χ2n) is 5.48. The van der Waals surface area contributed by atoms with Crippen LogP contribution in [0.15, 0.2) is 48.2 Å². The van der Waals surface area contributed by atoms with Crippen molar-refractivity contribution in [2.24, 2.45) is 0 Å². The van der Waals surface area contributed by atoms with E-state index in [1.54, 1.807) is 23.1 Å². The monoisotopic (exact) mass is 308 g/mol. The number of benzene rings is 2. The summed E-state index contributed by atoms with van der Waals surface area (Å²) in [5.41, 5.74) is 9.40. The Bertz CT molecular complexity index is 763. The SMILES string of the molecule is CCc1ccc(/C=C2/Oc3cc(N)ccc3N(CC)C2=O)cc1. The van der Waals surface area contributed by atoms with Gasteiger partial charge in [0.05, 0.1) is 5.69 Å². The van der Waals surface area contributed by atoms with Crippen LogP contribution in [0.1, 0.15) is 25.0 Å². The molecule has 2 aromatic carbocycles. The molecule has 0 unspecified atom stereocenters. The maximum atomic E-state index is 12.6. The number of nitrogens with zero attached hydrogens (tertiary/aromatic N) is 1. The van der Waals surface area contributed by atoms with Crippen LogP contribution >= 0.6 is 0 Å². The van der Waals surface area contributed by atoms with Gasteiger partial charge in [0.2, 0.25) is 0 Å². The van der Waals surface area contributed by atoms with Gasteiger partial charge in [-0.1, -0.05) is 31.2 Å². The first-order valence-electron chi connectivity index (χ1n) is 7.82. The van der Waals surface area contributed by atoms with Gasteiger partial charge in [0.15, 0.2) is 11.5 Å². The largest absolute Gasteiger partial charge is 0.449 e. The molecule has 0 bridgehead atoms. The average Bonchev–Trinajstić information content (AvgIpc) is 2.56. The molecule has 23 heavy (non-hydrogen) atoms. The molecule has 1 amide bonds. The molecule has 0 radical (unpaired) electrons. The standard InChI is InChI=1S/C19H20N2O2/c1-3-13-5-7-14(8-6-13)11-18-19(22)21(4-2)16-10-9-15(20)12-17(16)23-18/h5-12H,3-4,20H2,1-2H3/b18-11+. The van der Waals surface area contributed by atoms with Crippen LogP contribution in [0, 0.1) is 0 Å². The highest BCUT2D eigenvalue weighted by Gasteiger charge is 2.29. The Hall–Kier alpha value is -2.75. The predicted octanol–water partition coefficient (Wildman–Crippen LogP) is 3.62. The van der Waals surface area contributed by atoms with Gasteiger partial charge in [-0.05, 0) is 42.7 Å². The highest BCUT2D eigenvalue weighted by atomic mass is 16.5. The molecular formula is C19H20N2O2. The number of amides is 1. The summed E-state index contributed by atoms with van der Waals surface area (Å²) in [6.07, 6.45) is 2.76. The highest BCUT2D eigenvalue weighted by molar-refractivity contribution is 6.10. The Labute approximate surface area is 136 Å². The molecule has 0 fully saturated rings. The van der Waals surface area contributed by atoms with Crippen molar-refractivity contribution in [1.82, 2.24) is 0 Å². The van der Waals surface area contributed by atoms with Gasteiger partial charge in [-0.3, -0.25) is 4.79 Å². The third kappa shape index (κ3) is 2.93. The minimum Gasteiger partial charge on any atom is -0.449 e. The van der Waals surface area contributed by atoms with Gasteiger partial charge in [-0.15, -0.1) is 0 Å². The van der Waals surface area contributed by atoms with Crippen LogP contribution in [0.5, 0.6) is 5.75 Å². The fraction of sp³-hybridized carbons (Fsp3) is 0.211. The van der Waals surface area contributed by atoms with Crippen LogP contribution in [0.2, 0.25) is 0 Å². The number of aryl methyl sites for hydroxylation is 1. The molecular weight excluding hydrogens is 288 g/mol. The number of hydrogen-bond acceptors (Lipinski definition) is 3. The molecule has 1 aliphatic rings. The third-order valence-electron chi connectivity index (χ3n) is 3.95. The van der Waals surface area contributed by atoms with Crippen molar-refractivity contribution < 1.29 is 9.53 Å². The molecule has 0 aliphatic carbocycles. The van der Waals surface area contributed by atoms with Gasteiger partial charge in [-0.25, -0.2) is 0 Å². The Morgan fingerprint density at radius 1 is 1.13 bits per heavy atom. The van der Waals surface area contributed by atoms with Crippen molar-refractivity contribution in [3.63, 3.8) is 0 Å². The molecule has 4 heteroatoms. The second kappa shape index (κ2) is 6.16. The van der Waals surface area contributed by atoms with Gasteiger partial charge >= 0.3 is 0 Å². The minimum atomic E-state index is -0.135. The number of hydrogen-bond donors (Lipinski definition) is 1. The summed E-state index contributed by atoms with van der Waals surface area (Å²) >= 11 is 0. The van der Waals surface area contributed by atoms with E-state index in [0.717, 1.165) is 17.7 Å². The van der Waals surface area contributed by atoms with E-state index in [9.17, 15) is 4.79 Å². The highest BCUT2D eigenvalue weighted by Crippen LogP contribution is 2.37. The first-order valence-corrected chi connectivity index (χ1v) is 7.82. The summed E-state index contributed by atoms with van der Waals surface area (Å²) < 4.78 is 5.81. The van der Waals surface area contributed by atoms with Gasteiger partial charge in [-0.2, -0.15) is 0 Å². The number of likely N-dealkylation sites (N-methyl/N-ethyl adjacent to an activating group) is 1. The van der Waals surface area contributed by atoms with E-state index < -0.39 is 0 Å². The van der Waals surface area contributed by atoms with E-state index in [0.29, 0.717) is 23.7 Å². The molecule has 0 atom stereocenters. The zero-order valence-electron chi connectivity index (χ0n) is 13.4. The Morgan fingerprint density at radius 2 is 1.87 bits per heavy atom. The number of fused-ring (bicyclic) bond motifs is 1. The summed E-state index contributed by atoms with van der Waals surface area (Å²) in [6, 6.07) is 13.4. The van der Waals surface area contributed by atoms with Crippen molar-refractivity contribution in [3.05, 3.63) is 59.4 Å². The number of nitrogen functional groups attached to an aromatic ring is 1. The number of carbonyl (C=O) groups is 1. The van der Waals surface area contributed by atoms with Crippen molar-refractivity contribution in [3.8, 4) is 5.75 Å². The van der Waals surface area contributed by atoms with Crippen LogP contribution in [0.4, 0.5) is 11.4 Å². The van der Waals surface area contributed by atoms with Crippen molar-refractivity contribution >= 4 is 23.4 Å². The maximum absolute atomic E-state index is 12.6. The summed E-state index contributed by atoms with van der Waals surface area (Å²) in [6.45, 7) is 4.63. The van der Waals surface area contributed by atoms with Crippen LogP contribution in [-0.4, -0.2) is 12.5 Å². The van der Waals surface area contributed by atoms with E-state index in [1.807, 2.05) is 25.1 Å². The Kier molecular flexibility index (Phi) is 4.06. The van der Waals surface area contributed by atoms with Crippen LogP contribution in [0.25, 0.3) is 6.08 Å². The smallest absolute Gasteiger partial charge is 0.294 e. The first-order chi connectivity index (χ1) is 11.1. The number of nitrogens with two attached hydrogens (primary N) is 1. The fourth-order valence-electron chi connectivity index (χ4n) is 2.65. The Balaban J connectivity index is 1.99. The van der Waals surface area contributed by atoms with Gasteiger partial charge in [0.1, 0.15) is 0 Å². The summed E-state index contributed by atoms with van der Waals surface area (Å²) in [7, 11) is 0. The lowest BCUT2D eigenvalue weighted by Gasteiger charge is -2.29. The number of anilines is 2. The summed E-state index contributed by atoms with van der Waals surface area (Å²) in [5, 5.41) is 0. The molecule has 1 aliphatic heterocycles. The molecule has 0 saturated heterocycles. The normalized spacial score (nSPS) is 15.5. The lowest BCUT2D eigenvalue weighted by molar-refractivity contribution is -0.117. The average molecular weight is 308 g/mol. The zero-order valence-corrected chi connectivity index (χ0v) is 13.4.